The van der Waals surface area contributed by atoms with Crippen molar-refractivity contribution in [3.63, 3.8) is 0 Å². The zero-order chi connectivity index (χ0) is 16.8. The predicted octanol–water partition coefficient (Wildman–Crippen LogP) is 4.22. The van der Waals surface area contributed by atoms with Gasteiger partial charge >= 0.3 is 0 Å². The van der Waals surface area contributed by atoms with Crippen LogP contribution in [0.25, 0.3) is 0 Å². The van der Waals surface area contributed by atoms with E-state index in [0.717, 1.165) is 11.1 Å². The topological polar surface area (TPSA) is 50.7 Å². The van der Waals surface area contributed by atoms with Crippen LogP contribution in [0.2, 0.25) is 10.0 Å². The summed E-state index contributed by atoms with van der Waals surface area (Å²) in [5, 5.41) is 5.17. The number of hydrogen-bond donors (Lipinski definition) is 1. The average molecular weight is 351 g/mol. The molecule has 0 aliphatic heterocycles. The molecule has 0 aliphatic rings. The van der Waals surface area contributed by atoms with Crippen molar-refractivity contribution >= 4 is 35.3 Å². The molecule has 0 heterocycles. The van der Waals surface area contributed by atoms with Gasteiger partial charge in [-0.05, 0) is 55.3 Å². The summed E-state index contributed by atoms with van der Waals surface area (Å²) in [6, 6.07) is 12.3. The number of carbonyl (C=O) groups is 1. The van der Waals surface area contributed by atoms with Gasteiger partial charge < -0.3 is 4.74 Å². The van der Waals surface area contributed by atoms with Crippen LogP contribution in [0.4, 0.5) is 0 Å². The molecule has 6 heteroatoms. The predicted molar refractivity (Wildman–Crippen MR) is 93.5 cm³/mol. The number of carbonyl (C=O) groups excluding carboxylic acids is 1. The molecule has 0 aromatic heterocycles. The van der Waals surface area contributed by atoms with Crippen LogP contribution >= 0.6 is 23.2 Å². The van der Waals surface area contributed by atoms with E-state index in [9.17, 15) is 4.79 Å². The van der Waals surface area contributed by atoms with Crippen LogP contribution in [0.3, 0.4) is 0 Å². The van der Waals surface area contributed by atoms with E-state index in [1.54, 1.807) is 49.4 Å². The Balaban J connectivity index is 1.90. The first-order valence-electron chi connectivity index (χ1n) is 6.97. The summed E-state index contributed by atoms with van der Waals surface area (Å²) in [7, 11) is 0. The summed E-state index contributed by atoms with van der Waals surface area (Å²) in [6.07, 6.45) is 0.853. The highest BCUT2D eigenvalue weighted by Gasteiger charge is 2.15. The Morgan fingerprint density at radius 1 is 1.17 bits per heavy atom. The zero-order valence-corrected chi connectivity index (χ0v) is 14.2. The molecular weight excluding hydrogens is 335 g/mol. The molecule has 0 radical (unpaired) electrons. The van der Waals surface area contributed by atoms with Gasteiger partial charge in [0.15, 0.2) is 6.10 Å². The van der Waals surface area contributed by atoms with Crippen molar-refractivity contribution in [3.05, 3.63) is 63.6 Å². The maximum Gasteiger partial charge on any atom is 0.280 e. The summed E-state index contributed by atoms with van der Waals surface area (Å²) in [5.74, 6) is 0.267. The summed E-state index contributed by atoms with van der Waals surface area (Å²) < 4.78 is 5.62. The number of nitrogens with one attached hydrogen (secondary N) is 1. The van der Waals surface area contributed by atoms with Crippen LogP contribution in [0.5, 0.6) is 5.75 Å². The highest BCUT2D eigenvalue weighted by atomic mass is 35.5. The Hall–Kier alpha value is -2.04. The maximum atomic E-state index is 12.0. The van der Waals surface area contributed by atoms with Crippen molar-refractivity contribution in [1.29, 1.82) is 0 Å². The van der Waals surface area contributed by atoms with Gasteiger partial charge in [0.05, 0.1) is 6.21 Å². The quantitative estimate of drug-likeness (QED) is 0.648. The number of amides is 1. The Bertz CT molecular complexity index is 715. The average Bonchev–Trinajstić information content (AvgIpc) is 2.51. The van der Waals surface area contributed by atoms with Gasteiger partial charge in [0, 0.05) is 10.0 Å². The minimum absolute atomic E-state index is 0.343. The van der Waals surface area contributed by atoms with Gasteiger partial charge in [0.2, 0.25) is 0 Å². The molecular formula is C17H16Cl2N2O2. The lowest BCUT2D eigenvalue weighted by Gasteiger charge is -2.14. The van der Waals surface area contributed by atoms with Crippen LogP contribution < -0.4 is 10.2 Å². The third kappa shape index (κ3) is 5.27. The smallest absolute Gasteiger partial charge is 0.280 e. The minimum atomic E-state index is -0.683. The standard InChI is InChI=1S/C17H16Cl2N2O2/c1-11-9-15(19)7-8-16(11)23-12(2)17(22)21-20-10-13-3-5-14(18)6-4-13/h3-10,12H,1-2H3,(H,21,22). The fourth-order valence-electron chi connectivity index (χ4n) is 1.80. The molecule has 0 saturated heterocycles. The van der Waals surface area contributed by atoms with Crippen molar-refractivity contribution in [2.45, 2.75) is 20.0 Å². The second kappa shape index (κ2) is 7.99. The molecule has 1 amide bonds. The van der Waals surface area contributed by atoms with E-state index in [2.05, 4.69) is 10.5 Å². The first-order chi connectivity index (χ1) is 11.0. The largest absolute Gasteiger partial charge is 0.481 e. The lowest BCUT2D eigenvalue weighted by Crippen LogP contribution is -2.33. The molecule has 1 N–H and O–H groups in total. The van der Waals surface area contributed by atoms with Crippen molar-refractivity contribution in [1.82, 2.24) is 5.43 Å². The molecule has 0 fully saturated rings. The second-order valence-corrected chi connectivity index (χ2v) is 5.83. The Labute approximate surface area is 145 Å². The highest BCUT2D eigenvalue weighted by Crippen LogP contribution is 2.22. The lowest BCUT2D eigenvalue weighted by atomic mass is 10.2. The van der Waals surface area contributed by atoms with Crippen molar-refractivity contribution < 1.29 is 9.53 Å². The van der Waals surface area contributed by atoms with E-state index in [1.165, 1.54) is 6.21 Å². The van der Waals surface area contributed by atoms with Gasteiger partial charge in [-0.2, -0.15) is 5.10 Å². The van der Waals surface area contributed by atoms with Gasteiger partial charge in [-0.15, -0.1) is 0 Å². The zero-order valence-electron chi connectivity index (χ0n) is 12.7. The fourth-order valence-corrected chi connectivity index (χ4v) is 2.15. The first-order valence-corrected chi connectivity index (χ1v) is 7.72. The number of halogens is 2. The van der Waals surface area contributed by atoms with Gasteiger partial charge in [0.25, 0.3) is 5.91 Å². The van der Waals surface area contributed by atoms with Gasteiger partial charge in [-0.1, -0.05) is 35.3 Å². The molecule has 4 nitrogen and oxygen atoms in total. The molecule has 0 bridgehead atoms. The van der Waals surface area contributed by atoms with E-state index < -0.39 is 6.10 Å². The number of benzene rings is 2. The second-order valence-electron chi connectivity index (χ2n) is 4.96. The number of hydrazone groups is 1. The Morgan fingerprint density at radius 2 is 1.83 bits per heavy atom. The number of nitrogens with zero attached hydrogens (tertiary/aromatic N) is 1. The van der Waals surface area contributed by atoms with Gasteiger partial charge in [0.1, 0.15) is 5.75 Å². The minimum Gasteiger partial charge on any atom is -0.481 e. The first kappa shape index (κ1) is 17.3. The molecule has 0 spiro atoms. The monoisotopic (exact) mass is 350 g/mol. The van der Waals surface area contributed by atoms with Gasteiger partial charge in [-0.3, -0.25) is 4.79 Å². The van der Waals surface area contributed by atoms with Crippen LogP contribution in [0.1, 0.15) is 18.1 Å². The molecule has 2 rings (SSSR count). The molecule has 1 unspecified atom stereocenters. The van der Waals surface area contributed by atoms with Crippen molar-refractivity contribution in [2.75, 3.05) is 0 Å². The molecule has 0 saturated carbocycles. The summed E-state index contributed by atoms with van der Waals surface area (Å²) >= 11 is 11.7. The summed E-state index contributed by atoms with van der Waals surface area (Å²) in [4.78, 5) is 12.0. The molecule has 0 aliphatic carbocycles. The Morgan fingerprint density at radius 3 is 2.48 bits per heavy atom. The third-order valence-corrected chi connectivity index (χ3v) is 3.56. The molecule has 23 heavy (non-hydrogen) atoms. The third-order valence-electron chi connectivity index (χ3n) is 3.07. The van der Waals surface area contributed by atoms with Crippen LogP contribution in [0, 0.1) is 6.92 Å². The molecule has 1 atom stereocenters. The highest BCUT2D eigenvalue weighted by molar-refractivity contribution is 6.30. The van der Waals surface area contributed by atoms with Crippen LogP contribution in [-0.2, 0) is 4.79 Å². The number of hydrogen-bond acceptors (Lipinski definition) is 3. The normalized spacial score (nSPS) is 12.2. The number of rotatable bonds is 5. The van der Waals surface area contributed by atoms with E-state index in [1.807, 2.05) is 6.92 Å². The van der Waals surface area contributed by atoms with E-state index in [4.69, 9.17) is 27.9 Å². The van der Waals surface area contributed by atoms with Crippen LogP contribution in [-0.4, -0.2) is 18.2 Å². The SMILES string of the molecule is Cc1cc(Cl)ccc1OC(C)C(=O)NN=Cc1ccc(Cl)cc1. The summed E-state index contributed by atoms with van der Waals surface area (Å²) in [5.41, 5.74) is 4.14. The number of aryl methyl sites for hydroxylation is 1. The maximum absolute atomic E-state index is 12.0. The van der Waals surface area contributed by atoms with Crippen molar-refractivity contribution in [2.24, 2.45) is 5.10 Å². The van der Waals surface area contributed by atoms with E-state index in [0.29, 0.717) is 15.8 Å². The number of ether oxygens (including phenoxy) is 1. The fraction of sp³-hybridized carbons (Fsp3) is 0.176. The molecule has 2 aromatic rings. The van der Waals surface area contributed by atoms with Crippen LogP contribution in [0.15, 0.2) is 47.6 Å². The van der Waals surface area contributed by atoms with E-state index in [-0.39, 0.29) is 5.91 Å². The molecule has 2 aromatic carbocycles. The van der Waals surface area contributed by atoms with Crippen molar-refractivity contribution in [3.8, 4) is 5.75 Å². The Kier molecular flexibility index (Phi) is 6.02. The lowest BCUT2D eigenvalue weighted by molar-refractivity contribution is -0.127. The molecule has 120 valence electrons. The summed E-state index contributed by atoms with van der Waals surface area (Å²) in [6.45, 7) is 3.52. The van der Waals surface area contributed by atoms with E-state index >= 15 is 0 Å². The van der Waals surface area contributed by atoms with Gasteiger partial charge in [-0.25, -0.2) is 5.43 Å².